The molecule has 1 fully saturated rings. The molecule has 0 unspecified atom stereocenters. The summed E-state index contributed by atoms with van der Waals surface area (Å²) in [5.74, 6) is 0.635. The number of phenolic OH excluding ortho intramolecular Hbond substituents is 2. The lowest BCUT2D eigenvalue weighted by Gasteiger charge is -2.28. The molecule has 0 spiro atoms. The van der Waals surface area contributed by atoms with Gasteiger partial charge in [0.25, 0.3) is 0 Å². The summed E-state index contributed by atoms with van der Waals surface area (Å²) in [6.45, 7) is 1.07. The number of hydrogen-bond acceptors (Lipinski definition) is 3. The predicted octanol–water partition coefficient (Wildman–Crippen LogP) is 1.49. The molecule has 3 N–H and O–H groups in total. The van der Waals surface area contributed by atoms with E-state index in [0.29, 0.717) is 12.0 Å². The maximum atomic E-state index is 9.79. The van der Waals surface area contributed by atoms with Gasteiger partial charge in [-0.3, -0.25) is 0 Å². The van der Waals surface area contributed by atoms with Gasteiger partial charge in [0.2, 0.25) is 0 Å². The molecule has 2 atom stereocenters. The van der Waals surface area contributed by atoms with Gasteiger partial charge in [-0.25, -0.2) is 0 Å². The van der Waals surface area contributed by atoms with E-state index < -0.39 is 0 Å². The van der Waals surface area contributed by atoms with Crippen LogP contribution in [-0.4, -0.2) is 22.8 Å². The molecule has 0 radical (unpaired) electrons. The molecule has 1 aliphatic carbocycles. The highest BCUT2D eigenvalue weighted by Crippen LogP contribution is 2.43. The number of benzene rings is 1. The first-order valence-corrected chi connectivity index (χ1v) is 5.54. The highest BCUT2D eigenvalue weighted by molar-refractivity contribution is 5.52. The molecule has 1 aromatic rings. The lowest BCUT2D eigenvalue weighted by molar-refractivity contribution is 0.388. The van der Waals surface area contributed by atoms with Gasteiger partial charge in [0.05, 0.1) is 0 Å². The minimum Gasteiger partial charge on any atom is -0.504 e. The molecular weight excluding hydrogens is 190 g/mol. The van der Waals surface area contributed by atoms with Crippen molar-refractivity contribution in [2.45, 2.75) is 31.2 Å². The van der Waals surface area contributed by atoms with Crippen molar-refractivity contribution in [2.75, 3.05) is 6.54 Å². The third-order valence-electron chi connectivity index (χ3n) is 3.75. The number of fused-ring (bicyclic) bond motifs is 3. The zero-order valence-electron chi connectivity index (χ0n) is 8.53. The van der Waals surface area contributed by atoms with E-state index in [1.807, 2.05) is 6.07 Å². The van der Waals surface area contributed by atoms with E-state index in [9.17, 15) is 10.2 Å². The maximum Gasteiger partial charge on any atom is 0.160 e. The van der Waals surface area contributed by atoms with Crippen LogP contribution in [0.5, 0.6) is 11.5 Å². The minimum atomic E-state index is 0.0122. The molecule has 3 heteroatoms. The fourth-order valence-electron chi connectivity index (χ4n) is 2.99. The van der Waals surface area contributed by atoms with E-state index >= 15 is 0 Å². The average molecular weight is 205 g/mol. The Kier molecular flexibility index (Phi) is 1.89. The molecule has 3 rings (SSSR count). The Morgan fingerprint density at radius 1 is 1.20 bits per heavy atom. The van der Waals surface area contributed by atoms with Crippen LogP contribution in [0.4, 0.5) is 0 Å². The van der Waals surface area contributed by atoms with Crippen molar-refractivity contribution in [2.24, 2.45) is 0 Å². The van der Waals surface area contributed by atoms with Crippen molar-refractivity contribution in [1.29, 1.82) is 0 Å². The molecule has 15 heavy (non-hydrogen) atoms. The second-order valence-electron chi connectivity index (χ2n) is 4.50. The molecule has 0 aromatic heterocycles. The number of nitrogens with one attached hydrogen (secondary N) is 1. The second-order valence-corrected chi connectivity index (χ2v) is 4.50. The van der Waals surface area contributed by atoms with Crippen LogP contribution in [0.1, 0.15) is 29.9 Å². The quantitative estimate of drug-likeness (QED) is 0.562. The Morgan fingerprint density at radius 2 is 2.07 bits per heavy atom. The van der Waals surface area contributed by atoms with Crippen LogP contribution >= 0.6 is 0 Å². The Bertz CT molecular complexity index is 403. The SMILES string of the molecule is Oc1ccc2c(c1O)CC[C@@H]1NCC[C@@H]21. The largest absolute Gasteiger partial charge is 0.504 e. The van der Waals surface area contributed by atoms with Crippen LogP contribution in [0.25, 0.3) is 0 Å². The normalized spacial score (nSPS) is 28.5. The molecule has 1 aliphatic heterocycles. The monoisotopic (exact) mass is 205 g/mol. The lowest BCUT2D eigenvalue weighted by atomic mass is 9.79. The summed E-state index contributed by atoms with van der Waals surface area (Å²) in [4.78, 5) is 0. The van der Waals surface area contributed by atoms with Crippen molar-refractivity contribution in [3.05, 3.63) is 23.3 Å². The Hall–Kier alpha value is -1.22. The summed E-state index contributed by atoms with van der Waals surface area (Å²) < 4.78 is 0. The molecule has 0 saturated carbocycles. The van der Waals surface area contributed by atoms with Crippen LogP contribution in [0, 0.1) is 0 Å². The van der Waals surface area contributed by atoms with E-state index in [2.05, 4.69) is 5.32 Å². The van der Waals surface area contributed by atoms with Gasteiger partial charge in [-0.05, 0) is 37.4 Å². The van der Waals surface area contributed by atoms with Crippen LogP contribution < -0.4 is 5.32 Å². The molecule has 0 amide bonds. The van der Waals surface area contributed by atoms with Crippen molar-refractivity contribution in [3.63, 3.8) is 0 Å². The standard InChI is InChI=1S/C12H15NO2/c14-11-4-2-7-8-5-6-13-10(8)3-1-9(7)12(11)15/h2,4,8,10,13-15H,1,3,5-6H2/t8-,10-/m0/s1. The smallest absolute Gasteiger partial charge is 0.160 e. The van der Waals surface area contributed by atoms with Crippen LogP contribution in [0.2, 0.25) is 0 Å². The fraction of sp³-hybridized carbons (Fsp3) is 0.500. The van der Waals surface area contributed by atoms with E-state index in [0.717, 1.165) is 31.4 Å². The Morgan fingerprint density at radius 3 is 2.93 bits per heavy atom. The molecular formula is C12H15NO2. The highest BCUT2D eigenvalue weighted by Gasteiger charge is 2.34. The molecule has 0 bridgehead atoms. The van der Waals surface area contributed by atoms with Gasteiger partial charge < -0.3 is 15.5 Å². The lowest BCUT2D eigenvalue weighted by Crippen LogP contribution is -2.30. The van der Waals surface area contributed by atoms with Gasteiger partial charge in [0.15, 0.2) is 11.5 Å². The van der Waals surface area contributed by atoms with E-state index in [1.165, 1.54) is 5.56 Å². The summed E-state index contributed by atoms with van der Waals surface area (Å²) in [7, 11) is 0. The zero-order valence-corrected chi connectivity index (χ0v) is 8.53. The zero-order chi connectivity index (χ0) is 10.4. The highest BCUT2D eigenvalue weighted by atomic mass is 16.3. The molecule has 2 aliphatic rings. The number of rotatable bonds is 0. The van der Waals surface area contributed by atoms with Gasteiger partial charge in [-0.1, -0.05) is 6.07 Å². The topological polar surface area (TPSA) is 52.5 Å². The summed E-state index contributed by atoms with van der Waals surface area (Å²) in [6, 6.07) is 4.14. The van der Waals surface area contributed by atoms with Crippen LogP contribution in [0.3, 0.4) is 0 Å². The van der Waals surface area contributed by atoms with Crippen molar-refractivity contribution in [1.82, 2.24) is 5.32 Å². The second kappa shape index (κ2) is 3.14. The van der Waals surface area contributed by atoms with Crippen molar-refractivity contribution in [3.8, 4) is 11.5 Å². The first-order chi connectivity index (χ1) is 7.27. The molecule has 3 nitrogen and oxygen atoms in total. The fourth-order valence-corrected chi connectivity index (χ4v) is 2.99. The Labute approximate surface area is 88.7 Å². The predicted molar refractivity (Wildman–Crippen MR) is 57.2 cm³/mol. The average Bonchev–Trinajstić information content (AvgIpc) is 2.71. The molecule has 1 heterocycles. The summed E-state index contributed by atoms with van der Waals surface area (Å²) in [5, 5.41) is 22.7. The van der Waals surface area contributed by atoms with Gasteiger partial charge >= 0.3 is 0 Å². The van der Waals surface area contributed by atoms with Crippen LogP contribution in [0.15, 0.2) is 12.1 Å². The van der Waals surface area contributed by atoms with Gasteiger partial charge in [0.1, 0.15) is 0 Å². The van der Waals surface area contributed by atoms with Gasteiger partial charge in [-0.2, -0.15) is 0 Å². The maximum absolute atomic E-state index is 9.79. The van der Waals surface area contributed by atoms with Crippen LogP contribution in [-0.2, 0) is 6.42 Å². The first kappa shape index (κ1) is 9.04. The van der Waals surface area contributed by atoms with Gasteiger partial charge in [0, 0.05) is 17.5 Å². The summed E-state index contributed by atoms with van der Waals surface area (Å²) in [6.07, 6.45) is 3.07. The van der Waals surface area contributed by atoms with Crippen molar-refractivity contribution < 1.29 is 10.2 Å². The number of aromatic hydroxyl groups is 2. The van der Waals surface area contributed by atoms with E-state index in [-0.39, 0.29) is 11.5 Å². The molecule has 1 aromatic carbocycles. The number of phenols is 2. The van der Waals surface area contributed by atoms with E-state index in [4.69, 9.17) is 0 Å². The Balaban J connectivity index is 2.11. The number of hydrogen-bond donors (Lipinski definition) is 3. The molecule has 1 saturated heterocycles. The van der Waals surface area contributed by atoms with Crippen molar-refractivity contribution >= 4 is 0 Å². The third kappa shape index (κ3) is 1.23. The summed E-state index contributed by atoms with van der Waals surface area (Å²) in [5.41, 5.74) is 2.19. The minimum absolute atomic E-state index is 0.0122. The third-order valence-corrected chi connectivity index (χ3v) is 3.75. The summed E-state index contributed by atoms with van der Waals surface area (Å²) >= 11 is 0. The van der Waals surface area contributed by atoms with E-state index in [1.54, 1.807) is 6.07 Å². The first-order valence-electron chi connectivity index (χ1n) is 5.54. The van der Waals surface area contributed by atoms with Gasteiger partial charge in [-0.15, -0.1) is 0 Å². The molecule has 80 valence electrons.